The van der Waals surface area contributed by atoms with Gasteiger partial charge in [0, 0.05) is 13.0 Å². The van der Waals surface area contributed by atoms with Gasteiger partial charge in [-0.25, -0.2) is 8.78 Å². The number of methoxy groups -OCH3 is 1. The topological polar surface area (TPSA) is 38.7 Å². The van der Waals surface area contributed by atoms with E-state index in [1.165, 1.54) is 19.2 Å². The van der Waals surface area contributed by atoms with E-state index in [2.05, 4.69) is 4.74 Å². The van der Waals surface area contributed by atoms with Crippen molar-refractivity contribution in [3.63, 3.8) is 0 Å². The third kappa shape index (κ3) is 2.56. The minimum absolute atomic E-state index is 0.352. The molecule has 1 saturated heterocycles. The Hall–Kier alpha value is -1.20. The Morgan fingerprint density at radius 2 is 2.00 bits per heavy atom. The standard InChI is InChI=1S/C12H14F2O3/c1-16-12-9(13)4-7(5-10(12)14)11-6-8(15)2-3-17-11/h4-5,8,11,15H,2-3,6H2,1H3. The molecule has 1 N–H and O–H groups in total. The predicted octanol–water partition coefficient (Wildman–Crippen LogP) is 2.19. The fourth-order valence-corrected chi connectivity index (χ4v) is 1.97. The quantitative estimate of drug-likeness (QED) is 0.866. The third-order valence-corrected chi connectivity index (χ3v) is 2.85. The maximum absolute atomic E-state index is 13.5. The molecule has 1 heterocycles. The molecule has 0 aliphatic carbocycles. The van der Waals surface area contributed by atoms with Gasteiger partial charge in [-0.05, 0) is 24.1 Å². The zero-order valence-electron chi connectivity index (χ0n) is 9.45. The summed E-state index contributed by atoms with van der Waals surface area (Å²) >= 11 is 0. The van der Waals surface area contributed by atoms with Crippen LogP contribution in [-0.4, -0.2) is 24.9 Å². The molecular formula is C12H14F2O3. The summed E-state index contributed by atoms with van der Waals surface area (Å²) in [5, 5.41) is 9.49. The molecule has 3 nitrogen and oxygen atoms in total. The zero-order valence-corrected chi connectivity index (χ0v) is 9.45. The van der Waals surface area contributed by atoms with E-state index < -0.39 is 29.6 Å². The van der Waals surface area contributed by atoms with Crippen molar-refractivity contribution in [1.82, 2.24) is 0 Å². The highest BCUT2D eigenvalue weighted by molar-refractivity contribution is 5.32. The Kier molecular flexibility index (Phi) is 3.59. The molecule has 0 aromatic heterocycles. The number of aliphatic hydroxyl groups excluding tert-OH is 1. The maximum Gasteiger partial charge on any atom is 0.190 e. The summed E-state index contributed by atoms with van der Waals surface area (Å²) in [4.78, 5) is 0. The first-order valence-corrected chi connectivity index (χ1v) is 5.44. The highest BCUT2D eigenvalue weighted by Gasteiger charge is 2.24. The van der Waals surface area contributed by atoms with Crippen molar-refractivity contribution in [3.8, 4) is 5.75 Å². The minimum atomic E-state index is -0.758. The molecule has 0 saturated carbocycles. The van der Waals surface area contributed by atoms with E-state index in [4.69, 9.17) is 4.74 Å². The first-order valence-electron chi connectivity index (χ1n) is 5.44. The van der Waals surface area contributed by atoms with Crippen molar-refractivity contribution >= 4 is 0 Å². The normalized spacial score (nSPS) is 24.7. The lowest BCUT2D eigenvalue weighted by Gasteiger charge is -2.27. The average Bonchev–Trinajstić information content (AvgIpc) is 2.28. The number of hydrogen-bond donors (Lipinski definition) is 1. The molecule has 2 unspecified atom stereocenters. The first kappa shape index (κ1) is 12.3. The van der Waals surface area contributed by atoms with Crippen LogP contribution in [0.15, 0.2) is 12.1 Å². The number of aliphatic hydroxyl groups is 1. The van der Waals surface area contributed by atoms with Gasteiger partial charge in [0.1, 0.15) is 0 Å². The molecule has 0 bridgehead atoms. The van der Waals surface area contributed by atoms with Crippen molar-refractivity contribution < 1.29 is 23.4 Å². The van der Waals surface area contributed by atoms with Crippen LogP contribution in [0, 0.1) is 11.6 Å². The molecule has 1 aromatic carbocycles. The Bertz CT molecular complexity index is 386. The second-order valence-electron chi connectivity index (χ2n) is 4.06. The van der Waals surface area contributed by atoms with Crippen molar-refractivity contribution in [1.29, 1.82) is 0 Å². The van der Waals surface area contributed by atoms with Gasteiger partial charge in [0.25, 0.3) is 0 Å². The summed E-state index contributed by atoms with van der Waals surface area (Å²) < 4.78 is 36.9. The molecule has 1 aliphatic rings. The van der Waals surface area contributed by atoms with Gasteiger partial charge in [-0.1, -0.05) is 0 Å². The van der Waals surface area contributed by atoms with Crippen molar-refractivity contribution in [2.75, 3.05) is 13.7 Å². The highest BCUT2D eigenvalue weighted by atomic mass is 19.1. The predicted molar refractivity (Wildman–Crippen MR) is 56.8 cm³/mol. The van der Waals surface area contributed by atoms with Crippen LogP contribution in [0.1, 0.15) is 24.5 Å². The number of hydrogen-bond acceptors (Lipinski definition) is 3. The summed E-state index contributed by atoms with van der Waals surface area (Å²) in [6, 6.07) is 2.37. The van der Waals surface area contributed by atoms with Crippen molar-refractivity contribution in [2.45, 2.75) is 25.0 Å². The smallest absolute Gasteiger partial charge is 0.190 e. The Morgan fingerprint density at radius 3 is 2.53 bits per heavy atom. The number of halogens is 2. The van der Waals surface area contributed by atoms with Crippen LogP contribution in [0.3, 0.4) is 0 Å². The lowest BCUT2D eigenvalue weighted by atomic mass is 9.99. The zero-order chi connectivity index (χ0) is 12.4. The highest BCUT2D eigenvalue weighted by Crippen LogP contribution is 2.32. The summed E-state index contributed by atoms with van der Waals surface area (Å²) in [6.45, 7) is 0.390. The van der Waals surface area contributed by atoms with Gasteiger partial charge in [0.2, 0.25) is 0 Å². The van der Waals surface area contributed by atoms with Crippen LogP contribution in [0.4, 0.5) is 8.78 Å². The molecule has 0 amide bonds. The minimum Gasteiger partial charge on any atom is -0.491 e. The van der Waals surface area contributed by atoms with Gasteiger partial charge in [0.05, 0.1) is 19.3 Å². The SMILES string of the molecule is COc1c(F)cc(C2CC(O)CCO2)cc1F. The van der Waals surface area contributed by atoms with Crippen LogP contribution >= 0.6 is 0 Å². The first-order chi connectivity index (χ1) is 8.11. The molecule has 0 radical (unpaired) electrons. The van der Waals surface area contributed by atoms with Gasteiger partial charge < -0.3 is 14.6 Å². The van der Waals surface area contributed by atoms with Crippen LogP contribution < -0.4 is 4.74 Å². The van der Waals surface area contributed by atoms with Crippen LogP contribution in [0.2, 0.25) is 0 Å². The van der Waals surface area contributed by atoms with E-state index >= 15 is 0 Å². The Balaban J connectivity index is 2.27. The molecule has 5 heteroatoms. The van der Waals surface area contributed by atoms with Gasteiger partial charge in [-0.2, -0.15) is 0 Å². The molecule has 1 aliphatic heterocycles. The summed E-state index contributed by atoms with van der Waals surface area (Å²) in [5.41, 5.74) is 0.388. The van der Waals surface area contributed by atoms with Gasteiger partial charge in [-0.15, -0.1) is 0 Å². The number of rotatable bonds is 2. The molecule has 0 spiro atoms. The lowest BCUT2D eigenvalue weighted by Crippen LogP contribution is -2.23. The summed E-state index contributed by atoms with van der Waals surface area (Å²) in [5.74, 6) is -1.91. The van der Waals surface area contributed by atoms with Crippen LogP contribution in [-0.2, 0) is 4.74 Å². The van der Waals surface area contributed by atoms with Crippen LogP contribution in [0.25, 0.3) is 0 Å². The average molecular weight is 244 g/mol. The Morgan fingerprint density at radius 1 is 1.35 bits per heavy atom. The van der Waals surface area contributed by atoms with Crippen LogP contribution in [0.5, 0.6) is 5.75 Å². The monoisotopic (exact) mass is 244 g/mol. The largest absolute Gasteiger partial charge is 0.491 e. The lowest BCUT2D eigenvalue weighted by molar-refractivity contribution is -0.0450. The van der Waals surface area contributed by atoms with Gasteiger partial charge in [0.15, 0.2) is 17.4 Å². The second-order valence-corrected chi connectivity index (χ2v) is 4.06. The van der Waals surface area contributed by atoms with E-state index in [0.29, 0.717) is 25.0 Å². The Labute approximate surface area is 98.0 Å². The molecule has 17 heavy (non-hydrogen) atoms. The van der Waals surface area contributed by atoms with Crippen molar-refractivity contribution in [2.24, 2.45) is 0 Å². The third-order valence-electron chi connectivity index (χ3n) is 2.85. The van der Waals surface area contributed by atoms with E-state index in [1.54, 1.807) is 0 Å². The summed E-state index contributed by atoms with van der Waals surface area (Å²) in [6.07, 6.45) is -0.0429. The van der Waals surface area contributed by atoms with E-state index in [0.717, 1.165) is 0 Å². The molecule has 94 valence electrons. The molecule has 2 atom stereocenters. The van der Waals surface area contributed by atoms with E-state index in [1.807, 2.05) is 0 Å². The molecule has 2 rings (SSSR count). The molecule has 1 fully saturated rings. The maximum atomic E-state index is 13.5. The van der Waals surface area contributed by atoms with Gasteiger partial charge >= 0.3 is 0 Å². The number of ether oxygens (including phenoxy) is 2. The number of benzene rings is 1. The molecular weight excluding hydrogens is 230 g/mol. The summed E-state index contributed by atoms with van der Waals surface area (Å²) in [7, 11) is 1.21. The van der Waals surface area contributed by atoms with Gasteiger partial charge in [-0.3, -0.25) is 0 Å². The molecule has 1 aromatic rings. The van der Waals surface area contributed by atoms with E-state index in [-0.39, 0.29) is 0 Å². The van der Waals surface area contributed by atoms with E-state index in [9.17, 15) is 13.9 Å². The van der Waals surface area contributed by atoms with Crippen molar-refractivity contribution in [3.05, 3.63) is 29.3 Å². The fraction of sp³-hybridized carbons (Fsp3) is 0.500. The fourth-order valence-electron chi connectivity index (χ4n) is 1.97. The second kappa shape index (κ2) is 4.98.